The molecule has 0 unspecified atom stereocenters. The Morgan fingerprint density at radius 3 is 2.40 bits per heavy atom. The Hall–Kier alpha value is -6.05. The number of ether oxygens (including phenoxy) is 1. The minimum atomic E-state index is -1.41. The molecule has 14 heteroatoms. The maximum absolute atomic E-state index is 14.0. The second-order valence-electron chi connectivity index (χ2n) is 10.6. The Labute approximate surface area is 266 Å². The number of imidazole rings is 1. The summed E-state index contributed by atoms with van der Waals surface area (Å²) in [4.78, 5) is 40.4. The third kappa shape index (κ3) is 7.27. The topological polar surface area (TPSA) is 152 Å². The second kappa shape index (κ2) is 13.9. The van der Waals surface area contributed by atoms with E-state index in [1.54, 1.807) is 29.2 Å². The summed E-state index contributed by atoms with van der Waals surface area (Å²) in [6.45, 7) is 2.32. The van der Waals surface area contributed by atoms with Crippen molar-refractivity contribution in [1.82, 2.24) is 28.3 Å². The van der Waals surface area contributed by atoms with Gasteiger partial charge in [-0.1, -0.05) is 19.8 Å². The zero-order chi connectivity index (χ0) is 33.7. The van der Waals surface area contributed by atoms with Crippen LogP contribution in [0.25, 0.3) is 22.5 Å². The molecule has 0 fully saturated rings. The number of anilines is 1. The fraction of sp³-hybridized carbons (Fsp3) is 0.182. The first-order chi connectivity index (χ1) is 22.5. The van der Waals surface area contributed by atoms with Crippen LogP contribution in [0.15, 0.2) is 95.3 Å². The molecule has 6 rings (SSSR count). The van der Waals surface area contributed by atoms with Gasteiger partial charge in [-0.2, -0.15) is 5.10 Å². The Morgan fingerprint density at radius 2 is 1.74 bits per heavy atom. The summed E-state index contributed by atoms with van der Waals surface area (Å²) in [7, 11) is 1.89. The van der Waals surface area contributed by atoms with Crippen LogP contribution in [0.5, 0.6) is 11.5 Å². The Balaban J connectivity index is 0.000000185. The maximum atomic E-state index is 14.0. The molecule has 6 aromatic rings. The fourth-order valence-corrected chi connectivity index (χ4v) is 4.76. The van der Waals surface area contributed by atoms with Crippen molar-refractivity contribution in [2.75, 3.05) is 5.73 Å². The number of carboxylic acid groups (broad SMARTS) is 1. The van der Waals surface area contributed by atoms with Crippen LogP contribution < -0.4 is 21.7 Å². The smallest absolute Gasteiger partial charge is 0.342 e. The van der Waals surface area contributed by atoms with E-state index in [1.165, 1.54) is 28.8 Å². The third-order valence-corrected chi connectivity index (χ3v) is 7.12. The number of aryl methyl sites for hydroxylation is 2. The van der Waals surface area contributed by atoms with Crippen molar-refractivity contribution in [2.24, 2.45) is 7.05 Å². The van der Waals surface area contributed by atoms with Crippen molar-refractivity contribution in [2.45, 2.75) is 32.7 Å². The number of aromatic nitrogens is 6. The lowest BCUT2D eigenvalue weighted by atomic mass is 10.2. The average Bonchev–Trinajstić information content (AvgIpc) is 3.70. The zero-order valence-electron chi connectivity index (χ0n) is 25.5. The van der Waals surface area contributed by atoms with Crippen LogP contribution in [-0.4, -0.2) is 39.4 Å². The maximum Gasteiger partial charge on any atom is 0.342 e. The molecule has 4 aromatic heterocycles. The fourth-order valence-electron chi connectivity index (χ4n) is 4.76. The summed E-state index contributed by atoms with van der Waals surface area (Å²) >= 11 is 0. The molecule has 0 bridgehead atoms. The molecule has 47 heavy (non-hydrogen) atoms. The zero-order valence-corrected chi connectivity index (χ0v) is 25.5. The number of fused-ring (bicyclic) bond motifs is 1. The number of nitrogen functional groups attached to an aromatic ring is 1. The molecular formula is C33H31F2N7O5. The lowest BCUT2D eigenvalue weighted by Gasteiger charge is -2.11. The highest BCUT2D eigenvalue weighted by Gasteiger charge is 2.18. The van der Waals surface area contributed by atoms with Crippen molar-refractivity contribution in [3.8, 4) is 28.4 Å². The number of carbonyl (C=O) groups is 1. The van der Waals surface area contributed by atoms with Gasteiger partial charge in [0.25, 0.3) is 5.56 Å². The molecule has 2 aromatic carbocycles. The summed E-state index contributed by atoms with van der Waals surface area (Å²) in [5.74, 6) is -1.85. The molecule has 0 aliphatic carbocycles. The van der Waals surface area contributed by atoms with E-state index < -0.39 is 34.4 Å². The molecular weight excluding hydrogens is 612 g/mol. The average molecular weight is 644 g/mol. The Kier molecular flexibility index (Phi) is 9.59. The number of rotatable bonds is 9. The van der Waals surface area contributed by atoms with Crippen LogP contribution in [0.4, 0.5) is 14.5 Å². The highest BCUT2D eigenvalue weighted by Crippen LogP contribution is 2.32. The number of pyridine rings is 1. The predicted molar refractivity (Wildman–Crippen MR) is 171 cm³/mol. The molecule has 4 heterocycles. The molecule has 0 spiro atoms. The molecule has 0 aliphatic heterocycles. The van der Waals surface area contributed by atoms with Crippen molar-refractivity contribution in [3.05, 3.63) is 124 Å². The Bertz CT molecular complexity index is 2170. The van der Waals surface area contributed by atoms with Crippen molar-refractivity contribution < 1.29 is 23.4 Å². The standard InChI is InChI=1S/C17H14FN5O.C16H17FN2O4/c1-22-9-14(20-10-22)11-6-17(15-4-5-21-23(15)8-11)24-16-3-2-12(19)7-13(16)18;1-2-3-4-9-18-10-13(15(21)22)14(20)19(16(18)23)12-7-5-11(17)6-8-12/h2-10H,19H2,1H3;5-8,10H,2-4,9H2,1H3,(H,21,22). The number of nitrogens with zero attached hydrogens (tertiary/aromatic N) is 6. The van der Waals surface area contributed by atoms with Crippen LogP contribution in [-0.2, 0) is 13.6 Å². The van der Waals surface area contributed by atoms with E-state index >= 15 is 0 Å². The number of carboxylic acids is 1. The second-order valence-corrected chi connectivity index (χ2v) is 10.6. The molecule has 12 nitrogen and oxygen atoms in total. The van der Waals surface area contributed by atoms with E-state index in [0.29, 0.717) is 24.4 Å². The first-order valence-corrected chi connectivity index (χ1v) is 14.6. The van der Waals surface area contributed by atoms with Crippen molar-refractivity contribution in [1.29, 1.82) is 0 Å². The third-order valence-electron chi connectivity index (χ3n) is 7.12. The summed E-state index contributed by atoms with van der Waals surface area (Å²) in [5.41, 5.74) is 6.31. The van der Waals surface area contributed by atoms with Gasteiger partial charge in [0, 0.05) is 49.5 Å². The molecule has 0 saturated carbocycles. The number of halogens is 2. The van der Waals surface area contributed by atoms with E-state index in [-0.39, 0.29) is 11.4 Å². The van der Waals surface area contributed by atoms with Gasteiger partial charge >= 0.3 is 11.7 Å². The van der Waals surface area contributed by atoms with Crippen LogP contribution in [0, 0.1) is 11.6 Å². The highest BCUT2D eigenvalue weighted by molar-refractivity contribution is 5.86. The first-order valence-electron chi connectivity index (χ1n) is 14.6. The summed E-state index contributed by atoms with van der Waals surface area (Å²) in [6.07, 6.45) is 10.7. The minimum absolute atomic E-state index is 0.102. The molecule has 3 N–H and O–H groups in total. The number of unbranched alkanes of at least 4 members (excludes halogenated alkanes) is 2. The van der Waals surface area contributed by atoms with E-state index in [1.807, 2.05) is 37.0 Å². The lowest BCUT2D eigenvalue weighted by Crippen LogP contribution is -2.41. The summed E-state index contributed by atoms with van der Waals surface area (Å²) in [5, 5.41) is 13.4. The predicted octanol–water partition coefficient (Wildman–Crippen LogP) is 5.28. The van der Waals surface area contributed by atoms with Gasteiger partial charge < -0.3 is 20.1 Å². The number of hydrogen-bond donors (Lipinski definition) is 2. The highest BCUT2D eigenvalue weighted by atomic mass is 19.1. The largest absolute Gasteiger partial charge is 0.477 e. The van der Waals surface area contributed by atoms with Gasteiger partial charge in [-0.05, 0) is 55.0 Å². The van der Waals surface area contributed by atoms with Crippen LogP contribution in [0.3, 0.4) is 0 Å². The molecule has 242 valence electrons. The summed E-state index contributed by atoms with van der Waals surface area (Å²) in [6, 6.07) is 12.7. The SMILES string of the molecule is CCCCCn1cc(C(=O)O)c(=O)n(-c2ccc(F)cc2)c1=O.Cn1cnc(-c2cc(Oc3ccc(N)cc3F)c3ccnn3c2)c1. The van der Waals surface area contributed by atoms with Gasteiger partial charge in [-0.15, -0.1) is 0 Å². The normalized spacial score (nSPS) is 10.9. The number of benzene rings is 2. The van der Waals surface area contributed by atoms with Gasteiger partial charge in [0.05, 0.1) is 23.9 Å². The van der Waals surface area contributed by atoms with Gasteiger partial charge in [0.1, 0.15) is 16.9 Å². The number of aromatic carboxylic acids is 1. The van der Waals surface area contributed by atoms with Gasteiger partial charge in [-0.3, -0.25) is 9.36 Å². The van der Waals surface area contributed by atoms with E-state index in [4.69, 9.17) is 10.5 Å². The quantitative estimate of drug-likeness (QED) is 0.160. The van der Waals surface area contributed by atoms with Crippen LogP contribution in [0.1, 0.15) is 36.5 Å². The molecule has 0 atom stereocenters. The van der Waals surface area contributed by atoms with E-state index in [9.17, 15) is 28.3 Å². The first kappa shape index (κ1) is 32.3. The van der Waals surface area contributed by atoms with Crippen molar-refractivity contribution >= 4 is 17.2 Å². The van der Waals surface area contributed by atoms with E-state index in [2.05, 4.69) is 10.1 Å². The number of nitrogens with two attached hydrogens (primary N) is 1. The Morgan fingerprint density at radius 1 is 0.979 bits per heavy atom. The van der Waals surface area contributed by atoms with Crippen LogP contribution >= 0.6 is 0 Å². The molecule has 0 amide bonds. The van der Waals surface area contributed by atoms with Gasteiger partial charge in [0.15, 0.2) is 17.3 Å². The lowest BCUT2D eigenvalue weighted by molar-refractivity contribution is 0.0693. The number of hydrogen-bond acceptors (Lipinski definition) is 7. The summed E-state index contributed by atoms with van der Waals surface area (Å²) < 4.78 is 38.4. The van der Waals surface area contributed by atoms with Gasteiger partial charge in [-0.25, -0.2) is 32.4 Å². The van der Waals surface area contributed by atoms with Gasteiger partial charge in [0.2, 0.25) is 0 Å². The molecule has 0 radical (unpaired) electrons. The van der Waals surface area contributed by atoms with Crippen LogP contribution in [0.2, 0.25) is 0 Å². The van der Waals surface area contributed by atoms with E-state index in [0.717, 1.165) is 52.5 Å². The van der Waals surface area contributed by atoms with Crippen molar-refractivity contribution in [3.63, 3.8) is 0 Å². The minimum Gasteiger partial charge on any atom is -0.477 e. The molecule has 0 aliphatic rings. The monoisotopic (exact) mass is 643 g/mol. The molecule has 0 saturated heterocycles.